The molecule has 0 amide bonds. The van der Waals surface area contributed by atoms with E-state index in [4.69, 9.17) is 26.2 Å². The Kier molecular flexibility index (Phi) is 7.74. The molecular weight excluding hydrogens is 419 g/mol. The van der Waals surface area contributed by atoms with Crippen LogP contribution in [0.1, 0.15) is 56.3 Å². The second kappa shape index (κ2) is 10.3. The summed E-state index contributed by atoms with van der Waals surface area (Å²) >= 11 is 6.08. The van der Waals surface area contributed by atoms with Crippen molar-refractivity contribution in [3.8, 4) is 5.75 Å². The summed E-state index contributed by atoms with van der Waals surface area (Å²) in [6.45, 7) is 7.70. The summed E-state index contributed by atoms with van der Waals surface area (Å²) in [5.41, 5.74) is 2.59. The van der Waals surface area contributed by atoms with Crippen molar-refractivity contribution in [3.05, 3.63) is 76.6 Å². The molecule has 2 aromatic carbocycles. The van der Waals surface area contributed by atoms with E-state index >= 15 is 0 Å². The number of carboxylic acid groups (broad SMARTS) is 1. The largest absolute Gasteiger partial charge is 0.482 e. The van der Waals surface area contributed by atoms with Gasteiger partial charge in [-0.1, -0.05) is 49.2 Å². The van der Waals surface area contributed by atoms with E-state index < -0.39 is 24.5 Å². The normalized spacial score (nSPS) is 23.4. The summed E-state index contributed by atoms with van der Waals surface area (Å²) in [5.74, 6) is -1.13. The number of halogens is 2. The first-order chi connectivity index (χ1) is 14.8. The van der Waals surface area contributed by atoms with E-state index in [1.165, 1.54) is 18.2 Å². The zero-order valence-electron chi connectivity index (χ0n) is 17.8. The first kappa shape index (κ1) is 23.3. The van der Waals surface area contributed by atoms with Crippen molar-refractivity contribution < 1.29 is 23.8 Å². The monoisotopic (exact) mass is 446 g/mol. The van der Waals surface area contributed by atoms with Crippen molar-refractivity contribution in [2.24, 2.45) is 5.92 Å². The van der Waals surface area contributed by atoms with Gasteiger partial charge in [0.15, 0.2) is 6.61 Å². The molecule has 1 aliphatic heterocycles. The molecule has 31 heavy (non-hydrogen) atoms. The van der Waals surface area contributed by atoms with Gasteiger partial charge in [0.2, 0.25) is 0 Å². The predicted molar refractivity (Wildman–Crippen MR) is 119 cm³/mol. The molecule has 1 aliphatic rings. The van der Waals surface area contributed by atoms with E-state index in [2.05, 4.69) is 13.5 Å². The van der Waals surface area contributed by atoms with Gasteiger partial charge in [-0.15, -0.1) is 0 Å². The van der Waals surface area contributed by atoms with Crippen molar-refractivity contribution in [3.63, 3.8) is 0 Å². The molecule has 0 saturated carbocycles. The van der Waals surface area contributed by atoms with E-state index in [0.29, 0.717) is 16.3 Å². The van der Waals surface area contributed by atoms with Crippen molar-refractivity contribution in [1.29, 1.82) is 0 Å². The Labute approximate surface area is 187 Å². The van der Waals surface area contributed by atoms with Crippen LogP contribution in [0.2, 0.25) is 5.02 Å². The Bertz CT molecular complexity index is 928. The summed E-state index contributed by atoms with van der Waals surface area (Å²) in [7, 11) is 0. The number of hydrogen-bond acceptors (Lipinski definition) is 3. The lowest BCUT2D eigenvalue weighted by molar-refractivity contribution is -0.139. The Morgan fingerprint density at radius 2 is 2.00 bits per heavy atom. The lowest BCUT2D eigenvalue weighted by atomic mass is 9.74. The van der Waals surface area contributed by atoms with Gasteiger partial charge in [-0.25, -0.2) is 9.18 Å². The molecule has 0 spiro atoms. The second-order valence-corrected chi connectivity index (χ2v) is 8.53. The third-order valence-corrected chi connectivity index (χ3v) is 6.03. The number of carboxylic acids is 1. The molecule has 0 bridgehead atoms. The maximum atomic E-state index is 14.2. The minimum atomic E-state index is -1.09. The highest BCUT2D eigenvalue weighted by Crippen LogP contribution is 2.49. The van der Waals surface area contributed by atoms with Crippen molar-refractivity contribution in [2.45, 2.75) is 51.2 Å². The van der Waals surface area contributed by atoms with Gasteiger partial charge in [0.05, 0.1) is 12.2 Å². The average Bonchev–Trinajstić information content (AvgIpc) is 2.73. The maximum absolute atomic E-state index is 14.2. The molecule has 0 aliphatic carbocycles. The van der Waals surface area contributed by atoms with E-state index in [0.717, 1.165) is 30.4 Å². The van der Waals surface area contributed by atoms with Crippen LogP contribution >= 0.6 is 11.6 Å². The molecule has 6 heteroatoms. The van der Waals surface area contributed by atoms with Gasteiger partial charge in [0, 0.05) is 22.4 Å². The molecule has 2 aromatic rings. The van der Waals surface area contributed by atoms with Crippen LogP contribution in [0.5, 0.6) is 5.75 Å². The minimum Gasteiger partial charge on any atom is -0.482 e. The van der Waals surface area contributed by atoms with Gasteiger partial charge in [-0.3, -0.25) is 0 Å². The smallest absolute Gasteiger partial charge is 0.341 e. The fourth-order valence-corrected chi connectivity index (χ4v) is 4.43. The van der Waals surface area contributed by atoms with Gasteiger partial charge < -0.3 is 14.6 Å². The number of ether oxygens (including phenoxy) is 2. The van der Waals surface area contributed by atoms with Crippen LogP contribution in [0.25, 0.3) is 0 Å². The number of rotatable bonds is 8. The molecule has 4 nitrogen and oxygen atoms in total. The zero-order valence-corrected chi connectivity index (χ0v) is 18.6. The molecular formula is C25H28ClFO4. The summed E-state index contributed by atoms with van der Waals surface area (Å²) < 4.78 is 26.3. The first-order valence-electron chi connectivity index (χ1n) is 10.5. The SMILES string of the molecule is C=C(C)[C@@H]1C[C@@H](c2ccc(Cl)cc2)[C@@H](CCC)O[C@H]1c1cc(F)ccc1OCC(=O)O. The highest BCUT2D eigenvalue weighted by Gasteiger charge is 2.40. The van der Waals surface area contributed by atoms with Crippen LogP contribution in [-0.4, -0.2) is 23.8 Å². The summed E-state index contributed by atoms with van der Waals surface area (Å²) in [6.07, 6.45) is 2.00. The predicted octanol–water partition coefficient (Wildman–Crippen LogP) is 6.55. The topological polar surface area (TPSA) is 55.8 Å². The fourth-order valence-electron chi connectivity index (χ4n) is 4.30. The van der Waals surface area contributed by atoms with E-state index in [1.54, 1.807) is 0 Å². The maximum Gasteiger partial charge on any atom is 0.341 e. The molecule has 1 saturated heterocycles. The molecule has 1 N–H and O–H groups in total. The van der Waals surface area contributed by atoms with Crippen LogP contribution in [0, 0.1) is 11.7 Å². The summed E-state index contributed by atoms with van der Waals surface area (Å²) in [5, 5.41) is 9.69. The van der Waals surface area contributed by atoms with E-state index in [-0.39, 0.29) is 17.9 Å². The second-order valence-electron chi connectivity index (χ2n) is 8.09. The summed E-state index contributed by atoms with van der Waals surface area (Å²) in [4.78, 5) is 11.0. The van der Waals surface area contributed by atoms with E-state index in [9.17, 15) is 9.18 Å². The van der Waals surface area contributed by atoms with E-state index in [1.807, 2.05) is 31.2 Å². The van der Waals surface area contributed by atoms with Crippen LogP contribution in [0.4, 0.5) is 4.39 Å². The lowest BCUT2D eigenvalue weighted by Gasteiger charge is -2.43. The summed E-state index contributed by atoms with van der Waals surface area (Å²) in [6, 6.07) is 11.9. The Morgan fingerprint density at radius 1 is 1.29 bits per heavy atom. The molecule has 0 unspecified atom stereocenters. The van der Waals surface area contributed by atoms with Gasteiger partial charge >= 0.3 is 5.97 Å². The first-order valence-corrected chi connectivity index (χ1v) is 10.9. The molecule has 166 valence electrons. The molecule has 3 rings (SSSR count). The molecule has 1 heterocycles. The standard InChI is InChI=1S/C25H28ClFO4/c1-4-5-23-20(16-6-8-17(26)9-7-16)13-19(15(2)3)25(31-23)21-12-18(27)10-11-22(21)30-14-24(28)29/h6-12,19-20,23,25H,2,4-5,13-14H2,1,3H3,(H,28,29)/t19-,20-,23+,25+/m0/s1. The van der Waals surface area contributed by atoms with Gasteiger partial charge in [-0.05, 0) is 55.7 Å². The quantitative estimate of drug-likeness (QED) is 0.467. The highest BCUT2D eigenvalue weighted by molar-refractivity contribution is 6.30. The third-order valence-electron chi connectivity index (χ3n) is 5.78. The zero-order chi connectivity index (χ0) is 22.5. The lowest BCUT2D eigenvalue weighted by Crippen LogP contribution is -2.36. The van der Waals surface area contributed by atoms with Crippen LogP contribution < -0.4 is 4.74 Å². The Morgan fingerprint density at radius 3 is 2.61 bits per heavy atom. The van der Waals surface area contributed by atoms with Crippen LogP contribution in [0.15, 0.2) is 54.6 Å². The minimum absolute atomic E-state index is 0.0808. The van der Waals surface area contributed by atoms with Crippen LogP contribution in [0.3, 0.4) is 0 Å². The van der Waals surface area contributed by atoms with Gasteiger partial charge in [0.25, 0.3) is 0 Å². The van der Waals surface area contributed by atoms with Crippen molar-refractivity contribution in [1.82, 2.24) is 0 Å². The van der Waals surface area contributed by atoms with Gasteiger partial charge in [-0.2, -0.15) is 0 Å². The van der Waals surface area contributed by atoms with Crippen molar-refractivity contribution >= 4 is 17.6 Å². The van der Waals surface area contributed by atoms with Gasteiger partial charge in [0.1, 0.15) is 11.6 Å². The number of benzene rings is 2. The van der Waals surface area contributed by atoms with Crippen molar-refractivity contribution in [2.75, 3.05) is 6.61 Å². The molecule has 1 fully saturated rings. The Hall–Kier alpha value is -2.37. The number of hydrogen-bond donors (Lipinski definition) is 1. The third kappa shape index (κ3) is 5.66. The average molecular weight is 447 g/mol. The number of carbonyl (C=O) groups is 1. The highest BCUT2D eigenvalue weighted by atomic mass is 35.5. The Balaban J connectivity index is 1.99. The van der Waals surface area contributed by atoms with Crippen LogP contribution in [-0.2, 0) is 9.53 Å². The molecule has 0 aromatic heterocycles. The molecule has 4 atom stereocenters. The fraction of sp³-hybridized carbons (Fsp3) is 0.400. The number of aliphatic carboxylic acids is 1. The molecule has 0 radical (unpaired) electrons.